The third-order valence-electron chi connectivity index (χ3n) is 2.30. The van der Waals surface area contributed by atoms with Crippen molar-refractivity contribution < 1.29 is 0 Å². The summed E-state index contributed by atoms with van der Waals surface area (Å²) >= 11 is 5.91. The second kappa shape index (κ2) is 4.51. The summed E-state index contributed by atoms with van der Waals surface area (Å²) in [4.78, 5) is 0. The van der Waals surface area contributed by atoms with Crippen LogP contribution >= 0.6 is 11.6 Å². The fourth-order valence-corrected chi connectivity index (χ4v) is 1.77. The summed E-state index contributed by atoms with van der Waals surface area (Å²) in [7, 11) is 0. The lowest BCUT2D eigenvalue weighted by Gasteiger charge is -2.03. The van der Waals surface area contributed by atoms with E-state index in [2.05, 4.69) is 16.8 Å². The summed E-state index contributed by atoms with van der Waals surface area (Å²) < 4.78 is 2.11. The Kier molecular flexibility index (Phi) is 3.09. The Balaban J connectivity index is 2.14. The number of aromatic nitrogens is 1. The molecule has 2 N–H and O–H groups in total. The molecule has 0 atom stereocenters. The van der Waals surface area contributed by atoms with Crippen LogP contribution in [0.2, 0.25) is 5.02 Å². The second-order valence-electron chi connectivity index (χ2n) is 3.53. The summed E-state index contributed by atoms with van der Waals surface area (Å²) in [6.07, 6.45) is 4.09. The van der Waals surface area contributed by atoms with Gasteiger partial charge >= 0.3 is 0 Å². The molecule has 0 fully saturated rings. The van der Waals surface area contributed by atoms with Gasteiger partial charge in [0.05, 0.1) is 0 Å². The van der Waals surface area contributed by atoms with E-state index in [0.717, 1.165) is 17.1 Å². The molecule has 2 nitrogen and oxygen atoms in total. The van der Waals surface area contributed by atoms with Crippen molar-refractivity contribution in [3.05, 3.63) is 58.9 Å². The normalized spacial score (nSPS) is 10.5. The van der Waals surface area contributed by atoms with Crippen molar-refractivity contribution in [3.8, 4) is 0 Å². The van der Waals surface area contributed by atoms with E-state index in [0.29, 0.717) is 6.54 Å². The van der Waals surface area contributed by atoms with Gasteiger partial charge in [-0.25, -0.2) is 0 Å². The van der Waals surface area contributed by atoms with Crippen molar-refractivity contribution in [2.24, 2.45) is 5.73 Å². The fraction of sp³-hybridized carbons (Fsp3) is 0.167. The van der Waals surface area contributed by atoms with Crippen molar-refractivity contribution in [2.75, 3.05) is 0 Å². The van der Waals surface area contributed by atoms with Gasteiger partial charge in [-0.1, -0.05) is 23.7 Å². The Bertz CT molecular complexity index is 448. The molecule has 0 aliphatic heterocycles. The monoisotopic (exact) mass is 220 g/mol. The lowest BCUT2D eigenvalue weighted by molar-refractivity contribution is 0.801. The van der Waals surface area contributed by atoms with Crippen molar-refractivity contribution >= 4 is 11.6 Å². The zero-order valence-electron chi connectivity index (χ0n) is 8.36. The number of hydrogen-bond acceptors (Lipinski definition) is 1. The molecular formula is C12H13ClN2. The summed E-state index contributed by atoms with van der Waals surface area (Å²) in [5.74, 6) is 0. The highest BCUT2D eigenvalue weighted by Crippen LogP contribution is 2.12. The number of nitrogens with zero attached hydrogens (tertiary/aromatic N) is 1. The lowest BCUT2D eigenvalue weighted by atomic mass is 10.2. The molecule has 2 aromatic rings. The highest BCUT2D eigenvalue weighted by Gasteiger charge is 1.97. The second-order valence-corrected chi connectivity index (χ2v) is 3.96. The van der Waals surface area contributed by atoms with Gasteiger partial charge in [0, 0.05) is 30.5 Å². The average Bonchev–Trinajstić information content (AvgIpc) is 2.65. The Morgan fingerprint density at radius 2 is 2.07 bits per heavy atom. The van der Waals surface area contributed by atoms with Crippen LogP contribution in [0.25, 0.3) is 0 Å². The van der Waals surface area contributed by atoms with Crippen molar-refractivity contribution in [2.45, 2.75) is 13.1 Å². The Morgan fingerprint density at radius 3 is 2.73 bits per heavy atom. The molecule has 0 aliphatic rings. The number of halogens is 1. The van der Waals surface area contributed by atoms with Gasteiger partial charge in [-0.2, -0.15) is 0 Å². The van der Waals surface area contributed by atoms with E-state index in [1.54, 1.807) is 0 Å². The Labute approximate surface area is 94.3 Å². The first-order valence-electron chi connectivity index (χ1n) is 4.87. The van der Waals surface area contributed by atoms with E-state index >= 15 is 0 Å². The zero-order valence-corrected chi connectivity index (χ0v) is 9.11. The van der Waals surface area contributed by atoms with Crippen LogP contribution in [0.15, 0.2) is 42.7 Å². The molecule has 0 amide bonds. The third kappa shape index (κ3) is 2.61. The van der Waals surface area contributed by atoms with E-state index in [4.69, 9.17) is 17.3 Å². The van der Waals surface area contributed by atoms with Crippen molar-refractivity contribution in [1.82, 2.24) is 4.57 Å². The molecule has 0 saturated carbocycles. The summed E-state index contributed by atoms with van der Waals surface area (Å²) in [6, 6.07) is 9.92. The van der Waals surface area contributed by atoms with Crippen molar-refractivity contribution in [3.63, 3.8) is 0 Å². The summed E-state index contributed by atoms with van der Waals surface area (Å²) in [5, 5.41) is 0.777. The molecule has 15 heavy (non-hydrogen) atoms. The molecule has 0 spiro atoms. The topological polar surface area (TPSA) is 30.9 Å². The number of nitrogens with two attached hydrogens (primary N) is 1. The van der Waals surface area contributed by atoms with Gasteiger partial charge in [-0.05, 0) is 29.3 Å². The number of hydrogen-bond donors (Lipinski definition) is 1. The van der Waals surface area contributed by atoms with Crippen LogP contribution in [0.1, 0.15) is 11.1 Å². The molecule has 0 radical (unpaired) electrons. The molecule has 1 aromatic carbocycles. The van der Waals surface area contributed by atoms with E-state index in [-0.39, 0.29) is 0 Å². The molecule has 1 heterocycles. The van der Waals surface area contributed by atoms with Crippen LogP contribution in [0.5, 0.6) is 0 Å². The molecule has 0 bridgehead atoms. The van der Waals surface area contributed by atoms with Crippen LogP contribution in [0.4, 0.5) is 0 Å². The SMILES string of the molecule is NCc1ccn(Cc2cccc(Cl)c2)c1. The third-order valence-corrected chi connectivity index (χ3v) is 2.54. The van der Waals surface area contributed by atoms with Crippen LogP contribution in [-0.2, 0) is 13.1 Å². The Morgan fingerprint density at radius 1 is 1.20 bits per heavy atom. The van der Waals surface area contributed by atoms with Gasteiger partial charge in [-0.15, -0.1) is 0 Å². The predicted octanol–water partition coefficient (Wildman–Crippen LogP) is 2.65. The minimum absolute atomic E-state index is 0.586. The van der Waals surface area contributed by atoms with Gasteiger partial charge in [0.25, 0.3) is 0 Å². The first-order chi connectivity index (χ1) is 7.28. The van der Waals surface area contributed by atoms with E-state index < -0.39 is 0 Å². The maximum absolute atomic E-state index is 5.91. The van der Waals surface area contributed by atoms with Crippen molar-refractivity contribution in [1.29, 1.82) is 0 Å². The average molecular weight is 221 g/mol. The Hall–Kier alpha value is -1.25. The molecule has 3 heteroatoms. The summed E-state index contributed by atoms with van der Waals surface area (Å²) in [5.41, 5.74) is 7.89. The van der Waals surface area contributed by atoms with Gasteiger partial charge in [0.1, 0.15) is 0 Å². The van der Waals surface area contributed by atoms with Crippen LogP contribution in [-0.4, -0.2) is 4.57 Å². The minimum Gasteiger partial charge on any atom is -0.350 e. The molecule has 2 rings (SSSR count). The lowest BCUT2D eigenvalue weighted by Crippen LogP contribution is -1.97. The first-order valence-corrected chi connectivity index (χ1v) is 5.25. The van der Waals surface area contributed by atoms with E-state index in [1.807, 2.05) is 30.5 Å². The zero-order chi connectivity index (χ0) is 10.7. The smallest absolute Gasteiger partial charge is 0.0470 e. The fourth-order valence-electron chi connectivity index (χ4n) is 1.56. The first kappa shape index (κ1) is 10.3. The molecule has 78 valence electrons. The van der Waals surface area contributed by atoms with Gasteiger partial charge < -0.3 is 10.3 Å². The van der Waals surface area contributed by atoms with Crippen LogP contribution in [0, 0.1) is 0 Å². The van der Waals surface area contributed by atoms with Crippen LogP contribution < -0.4 is 5.73 Å². The van der Waals surface area contributed by atoms with Gasteiger partial charge in [0.2, 0.25) is 0 Å². The molecular weight excluding hydrogens is 208 g/mol. The predicted molar refractivity (Wildman–Crippen MR) is 62.9 cm³/mol. The number of benzene rings is 1. The maximum Gasteiger partial charge on any atom is 0.0470 e. The largest absolute Gasteiger partial charge is 0.350 e. The van der Waals surface area contributed by atoms with Gasteiger partial charge in [-0.3, -0.25) is 0 Å². The maximum atomic E-state index is 5.91. The number of rotatable bonds is 3. The quantitative estimate of drug-likeness (QED) is 0.847. The molecule has 0 aliphatic carbocycles. The van der Waals surface area contributed by atoms with E-state index in [9.17, 15) is 0 Å². The molecule has 1 aromatic heterocycles. The van der Waals surface area contributed by atoms with Gasteiger partial charge in [0.15, 0.2) is 0 Å². The minimum atomic E-state index is 0.586. The highest BCUT2D eigenvalue weighted by molar-refractivity contribution is 6.30. The standard InChI is InChI=1S/C12H13ClN2/c13-12-3-1-2-10(6-12)8-15-5-4-11(7-14)9-15/h1-6,9H,7-8,14H2. The summed E-state index contributed by atoms with van der Waals surface area (Å²) in [6.45, 7) is 1.42. The molecule has 0 saturated heterocycles. The van der Waals surface area contributed by atoms with Crippen LogP contribution in [0.3, 0.4) is 0 Å². The van der Waals surface area contributed by atoms with E-state index in [1.165, 1.54) is 5.56 Å². The highest BCUT2D eigenvalue weighted by atomic mass is 35.5. The molecule has 0 unspecified atom stereocenters.